The van der Waals surface area contributed by atoms with E-state index in [1.165, 1.54) is 12.8 Å². The lowest BCUT2D eigenvalue weighted by atomic mass is 10.1. The molecule has 1 aliphatic carbocycles. The number of nitrogens with one attached hydrogen (secondary N) is 2. The summed E-state index contributed by atoms with van der Waals surface area (Å²) in [4.78, 5) is 26.0. The molecule has 2 amide bonds. The summed E-state index contributed by atoms with van der Waals surface area (Å²) >= 11 is 0. The van der Waals surface area contributed by atoms with Crippen LogP contribution >= 0.6 is 0 Å². The molecule has 2 N–H and O–H groups in total. The van der Waals surface area contributed by atoms with Crippen molar-refractivity contribution in [3.63, 3.8) is 0 Å². The summed E-state index contributed by atoms with van der Waals surface area (Å²) in [6.45, 7) is 2.56. The molecule has 5 nitrogen and oxygen atoms in total. The summed E-state index contributed by atoms with van der Waals surface area (Å²) in [5.41, 5.74) is 1.78. The Bertz CT molecular complexity index is 536. The quantitative estimate of drug-likeness (QED) is 0.786. The van der Waals surface area contributed by atoms with E-state index in [4.69, 9.17) is 0 Å². The van der Waals surface area contributed by atoms with Gasteiger partial charge in [-0.15, -0.1) is 0 Å². The molecule has 5 heteroatoms. The lowest BCUT2D eigenvalue weighted by Crippen LogP contribution is -2.45. The summed E-state index contributed by atoms with van der Waals surface area (Å²) in [6, 6.07) is 7.85. The molecule has 1 fully saturated rings. The summed E-state index contributed by atoms with van der Waals surface area (Å²) in [7, 11) is 4.01. The normalized spacial score (nSPS) is 15.5. The zero-order valence-electron chi connectivity index (χ0n) is 13.6. The van der Waals surface area contributed by atoms with Gasteiger partial charge >= 0.3 is 11.8 Å². The summed E-state index contributed by atoms with van der Waals surface area (Å²) < 4.78 is 0. The maximum absolute atomic E-state index is 11.9. The van der Waals surface area contributed by atoms with E-state index >= 15 is 0 Å². The van der Waals surface area contributed by atoms with Crippen molar-refractivity contribution >= 4 is 17.5 Å². The Balaban J connectivity index is 1.85. The molecular formula is C17H25N3O2. The number of hydrogen-bond acceptors (Lipinski definition) is 3. The Labute approximate surface area is 132 Å². The third-order valence-electron chi connectivity index (χ3n) is 4.10. The van der Waals surface area contributed by atoms with Crippen molar-refractivity contribution in [1.29, 1.82) is 0 Å². The van der Waals surface area contributed by atoms with Gasteiger partial charge in [-0.25, -0.2) is 0 Å². The zero-order valence-corrected chi connectivity index (χ0v) is 13.6. The van der Waals surface area contributed by atoms with E-state index in [9.17, 15) is 9.59 Å². The Hall–Kier alpha value is -1.88. The SMILES string of the molecule is CCc1cccc(NC(=O)C(=O)NC[C@H](C2CC2)N(C)C)c1. The number of aryl methyl sites for hydroxylation is 1. The number of carbonyl (C=O) groups excluding carboxylic acids is 2. The number of hydrogen-bond donors (Lipinski definition) is 2. The van der Waals surface area contributed by atoms with Crippen molar-refractivity contribution in [2.75, 3.05) is 26.0 Å². The molecule has 1 atom stereocenters. The zero-order chi connectivity index (χ0) is 16.1. The maximum atomic E-state index is 11.9. The van der Waals surface area contributed by atoms with Crippen molar-refractivity contribution in [2.24, 2.45) is 5.92 Å². The molecular weight excluding hydrogens is 278 g/mol. The Morgan fingerprint density at radius 1 is 1.27 bits per heavy atom. The number of carbonyl (C=O) groups is 2. The fourth-order valence-electron chi connectivity index (χ4n) is 2.59. The number of benzene rings is 1. The summed E-state index contributed by atoms with van der Waals surface area (Å²) in [5, 5.41) is 5.39. The second-order valence-electron chi connectivity index (χ2n) is 6.09. The van der Waals surface area contributed by atoms with E-state index < -0.39 is 11.8 Å². The van der Waals surface area contributed by atoms with Crippen molar-refractivity contribution in [3.05, 3.63) is 29.8 Å². The molecule has 1 saturated carbocycles. The number of nitrogens with zero attached hydrogens (tertiary/aromatic N) is 1. The first kappa shape index (κ1) is 16.5. The van der Waals surface area contributed by atoms with Gasteiger partial charge < -0.3 is 15.5 Å². The lowest BCUT2D eigenvalue weighted by molar-refractivity contribution is -0.136. The first-order valence-corrected chi connectivity index (χ1v) is 7.85. The molecule has 1 aromatic carbocycles. The second kappa shape index (κ2) is 7.40. The first-order chi connectivity index (χ1) is 10.5. The summed E-state index contributed by atoms with van der Waals surface area (Å²) in [5.74, 6) is -0.546. The number of amides is 2. The predicted octanol–water partition coefficient (Wildman–Crippen LogP) is 1.64. The van der Waals surface area contributed by atoms with Gasteiger partial charge in [0.2, 0.25) is 0 Å². The molecule has 0 saturated heterocycles. The van der Waals surface area contributed by atoms with E-state index in [1.54, 1.807) is 6.07 Å². The second-order valence-corrected chi connectivity index (χ2v) is 6.09. The molecule has 0 aliphatic heterocycles. The Morgan fingerprint density at radius 3 is 2.59 bits per heavy atom. The molecule has 2 rings (SSSR count). The third-order valence-corrected chi connectivity index (χ3v) is 4.10. The van der Waals surface area contributed by atoms with E-state index in [0.717, 1.165) is 12.0 Å². The molecule has 0 heterocycles. The molecule has 0 aromatic heterocycles. The van der Waals surface area contributed by atoms with Gasteiger partial charge in [0.05, 0.1) is 0 Å². The molecule has 120 valence electrons. The molecule has 1 aliphatic rings. The van der Waals surface area contributed by atoms with Crippen LogP contribution in [-0.2, 0) is 16.0 Å². The van der Waals surface area contributed by atoms with Crippen LogP contribution in [0.1, 0.15) is 25.3 Å². The van der Waals surface area contributed by atoms with Gasteiger partial charge in [-0.2, -0.15) is 0 Å². The number of likely N-dealkylation sites (N-methyl/N-ethyl adjacent to an activating group) is 1. The molecule has 0 bridgehead atoms. The molecule has 0 unspecified atom stereocenters. The van der Waals surface area contributed by atoms with E-state index in [2.05, 4.69) is 15.5 Å². The van der Waals surface area contributed by atoms with Crippen molar-refractivity contribution in [3.8, 4) is 0 Å². The number of rotatable bonds is 6. The maximum Gasteiger partial charge on any atom is 0.313 e. The van der Waals surface area contributed by atoms with Crippen molar-refractivity contribution in [1.82, 2.24) is 10.2 Å². The van der Waals surface area contributed by atoms with Gasteiger partial charge in [-0.3, -0.25) is 9.59 Å². The highest BCUT2D eigenvalue weighted by atomic mass is 16.2. The Morgan fingerprint density at radius 2 is 2.00 bits per heavy atom. The van der Waals surface area contributed by atoms with E-state index in [1.807, 2.05) is 39.2 Å². The Kier molecular flexibility index (Phi) is 5.55. The van der Waals surface area contributed by atoms with Gasteiger partial charge in [-0.05, 0) is 57.0 Å². The van der Waals surface area contributed by atoms with Crippen LogP contribution in [0.2, 0.25) is 0 Å². The highest BCUT2D eigenvalue weighted by molar-refractivity contribution is 6.39. The first-order valence-electron chi connectivity index (χ1n) is 7.85. The molecule has 1 aromatic rings. The average molecular weight is 303 g/mol. The van der Waals surface area contributed by atoms with Crippen LogP contribution in [0, 0.1) is 5.92 Å². The van der Waals surface area contributed by atoms with Crippen LogP contribution in [0.25, 0.3) is 0 Å². The van der Waals surface area contributed by atoms with Gasteiger partial charge in [0.1, 0.15) is 0 Å². The highest BCUT2D eigenvalue weighted by Crippen LogP contribution is 2.34. The fraction of sp³-hybridized carbons (Fsp3) is 0.529. The van der Waals surface area contributed by atoms with Crippen LogP contribution in [0.4, 0.5) is 5.69 Å². The van der Waals surface area contributed by atoms with Crippen LogP contribution in [0.5, 0.6) is 0 Å². The minimum Gasteiger partial charge on any atom is -0.346 e. The van der Waals surface area contributed by atoms with Gasteiger partial charge in [0.15, 0.2) is 0 Å². The predicted molar refractivity (Wildman–Crippen MR) is 87.7 cm³/mol. The summed E-state index contributed by atoms with van der Waals surface area (Å²) in [6.07, 6.45) is 3.30. The van der Waals surface area contributed by atoms with E-state index in [-0.39, 0.29) is 0 Å². The minimum atomic E-state index is -0.610. The topological polar surface area (TPSA) is 61.4 Å². The highest BCUT2D eigenvalue weighted by Gasteiger charge is 2.33. The molecule has 0 radical (unpaired) electrons. The average Bonchev–Trinajstić information content (AvgIpc) is 3.31. The monoisotopic (exact) mass is 303 g/mol. The van der Waals surface area contributed by atoms with Crippen molar-refractivity contribution < 1.29 is 9.59 Å². The number of anilines is 1. The van der Waals surface area contributed by atoms with E-state index in [0.29, 0.717) is 24.2 Å². The van der Waals surface area contributed by atoms with Gasteiger partial charge in [0.25, 0.3) is 0 Å². The molecule has 22 heavy (non-hydrogen) atoms. The molecule has 0 spiro atoms. The smallest absolute Gasteiger partial charge is 0.313 e. The minimum absolute atomic E-state index is 0.306. The largest absolute Gasteiger partial charge is 0.346 e. The fourth-order valence-corrected chi connectivity index (χ4v) is 2.59. The van der Waals surface area contributed by atoms with Gasteiger partial charge in [0, 0.05) is 18.3 Å². The van der Waals surface area contributed by atoms with Crippen LogP contribution in [-0.4, -0.2) is 43.4 Å². The van der Waals surface area contributed by atoms with Crippen LogP contribution < -0.4 is 10.6 Å². The third kappa shape index (κ3) is 4.56. The van der Waals surface area contributed by atoms with Crippen LogP contribution in [0.3, 0.4) is 0 Å². The lowest BCUT2D eigenvalue weighted by Gasteiger charge is -2.24. The van der Waals surface area contributed by atoms with Gasteiger partial charge in [-0.1, -0.05) is 19.1 Å². The van der Waals surface area contributed by atoms with Crippen molar-refractivity contribution in [2.45, 2.75) is 32.2 Å². The van der Waals surface area contributed by atoms with Crippen LogP contribution in [0.15, 0.2) is 24.3 Å². The standard InChI is InChI=1S/C17H25N3O2/c1-4-12-6-5-7-14(10-12)19-17(22)16(21)18-11-15(20(2)3)13-8-9-13/h5-7,10,13,15H,4,8-9,11H2,1-3H3,(H,18,21)(H,19,22)/t15-/m1/s1.